The molecule has 0 unspecified atom stereocenters. The van der Waals surface area contributed by atoms with Gasteiger partial charge in [0, 0.05) is 30.5 Å². The van der Waals surface area contributed by atoms with Crippen molar-refractivity contribution in [1.29, 1.82) is 0 Å². The Kier molecular flexibility index (Phi) is 19.1. The van der Waals surface area contributed by atoms with E-state index < -0.39 is 0 Å². The van der Waals surface area contributed by atoms with E-state index in [1.54, 1.807) is 0 Å². The molecular weight excluding hydrogens is 1600 g/mol. The molecule has 23 rings (SSSR count). The summed E-state index contributed by atoms with van der Waals surface area (Å²) >= 11 is 7.66. The molecule has 3 aliphatic heterocycles. The van der Waals surface area contributed by atoms with E-state index in [9.17, 15) is 0 Å². The minimum Gasteiger partial charge on any atom is -0.453 e. The summed E-state index contributed by atoms with van der Waals surface area (Å²) in [6, 6.07) is 149. The van der Waals surface area contributed by atoms with Crippen molar-refractivity contribution in [2.75, 3.05) is 15.1 Å². The maximum absolute atomic E-state index is 6.55. The summed E-state index contributed by atoms with van der Waals surface area (Å²) in [7, 11) is 0. The quantitative estimate of drug-likeness (QED) is 0.136. The van der Waals surface area contributed by atoms with Crippen molar-refractivity contribution in [1.82, 2.24) is 9.97 Å². The molecule has 0 fully saturated rings. The van der Waals surface area contributed by atoms with E-state index >= 15 is 0 Å². The molecule has 0 amide bonds. The Bertz CT molecular complexity index is 6710. The van der Waals surface area contributed by atoms with Crippen LogP contribution in [-0.4, -0.2) is 9.97 Å². The number of para-hydroxylation sites is 12. The average Bonchev–Trinajstić information content (AvgIpc) is 0.723. The second kappa shape index (κ2) is 31.6. The molecule has 0 spiro atoms. The van der Waals surface area contributed by atoms with Crippen molar-refractivity contribution in [3.8, 4) is 124 Å². The first-order chi connectivity index (χ1) is 59.2. The van der Waals surface area contributed by atoms with Gasteiger partial charge in [-0.3, -0.25) is 0 Å². The van der Waals surface area contributed by atoms with Gasteiger partial charge in [0.15, 0.2) is 34.5 Å². The van der Waals surface area contributed by atoms with Crippen LogP contribution in [-0.2, 0) is 0 Å². The number of benzene rings is 18. The van der Waals surface area contributed by atoms with Gasteiger partial charge in [0.2, 0.25) is 0 Å². The Morgan fingerprint density at radius 1 is 0.200 bits per heavy atom. The molecule has 0 aliphatic carbocycles. The highest BCUT2D eigenvalue weighted by molar-refractivity contribution is 9.11. The minimum absolute atomic E-state index is 0.788. The van der Waals surface area contributed by atoms with Gasteiger partial charge in [0.25, 0.3) is 0 Å². The molecule has 2 aromatic heterocycles. The molecule has 5 heterocycles. The fourth-order valence-corrected chi connectivity index (χ4v) is 17.6. The van der Waals surface area contributed by atoms with Gasteiger partial charge in [0.1, 0.15) is 0 Å². The van der Waals surface area contributed by atoms with Crippen LogP contribution >= 0.6 is 31.9 Å². The van der Waals surface area contributed by atoms with Gasteiger partial charge in [-0.2, -0.15) is 0 Å². The van der Waals surface area contributed by atoms with Crippen LogP contribution in [0.1, 0.15) is 0 Å². The van der Waals surface area contributed by atoms with Crippen molar-refractivity contribution in [2.45, 2.75) is 0 Å². The van der Waals surface area contributed by atoms with Crippen molar-refractivity contribution >= 4 is 121 Å². The molecule has 568 valence electrons. The van der Waals surface area contributed by atoms with E-state index in [1.165, 1.54) is 50.1 Å². The van der Waals surface area contributed by atoms with Crippen LogP contribution in [0.4, 0.5) is 45.5 Å². The van der Waals surface area contributed by atoms with Gasteiger partial charge < -0.3 is 29.3 Å². The monoisotopic (exact) mass is 1670 g/mol. The summed E-state index contributed by atoms with van der Waals surface area (Å²) in [4.78, 5) is 15.5. The second-order valence-electron chi connectivity index (χ2n) is 29.9. The van der Waals surface area contributed by atoms with E-state index in [-0.39, 0.29) is 0 Å². The first-order valence-electron chi connectivity index (χ1n) is 40.0. The lowest BCUT2D eigenvalue weighted by atomic mass is 9.95. The number of pyridine rings is 2. The van der Waals surface area contributed by atoms with Crippen LogP contribution in [0.2, 0.25) is 0 Å². The lowest BCUT2D eigenvalue weighted by Gasteiger charge is -2.34. The fourth-order valence-electron chi connectivity index (χ4n) is 16.4. The van der Waals surface area contributed by atoms with E-state index in [0.717, 1.165) is 171 Å². The maximum Gasteiger partial charge on any atom is 0.151 e. The molecule has 0 radical (unpaired) electrons. The van der Waals surface area contributed by atoms with Gasteiger partial charge in [0.05, 0.1) is 67.6 Å². The molecule has 0 saturated heterocycles. The number of hydrogen-bond acceptors (Lipinski definition) is 8. The highest BCUT2D eigenvalue weighted by Gasteiger charge is 2.31. The van der Waals surface area contributed by atoms with Crippen molar-refractivity contribution in [3.63, 3.8) is 0 Å². The Hall–Kier alpha value is -14.9. The first-order valence-corrected chi connectivity index (χ1v) is 41.6. The van der Waals surface area contributed by atoms with E-state index in [0.29, 0.717) is 0 Å². The Labute approximate surface area is 712 Å². The van der Waals surface area contributed by atoms with Crippen LogP contribution in [0.3, 0.4) is 0 Å². The molecule has 10 heteroatoms. The van der Waals surface area contributed by atoms with Crippen molar-refractivity contribution < 1.29 is 14.2 Å². The van der Waals surface area contributed by atoms with E-state index in [1.807, 2.05) is 109 Å². The van der Waals surface area contributed by atoms with Gasteiger partial charge in [-0.05, 0) is 238 Å². The number of aromatic nitrogens is 2. The summed E-state index contributed by atoms with van der Waals surface area (Å²) in [5.74, 6) is 4.93. The predicted molar refractivity (Wildman–Crippen MR) is 503 cm³/mol. The fraction of sp³-hybridized carbons (Fsp3) is 0. The molecule has 18 aromatic carbocycles. The van der Waals surface area contributed by atoms with Crippen molar-refractivity contribution in [2.24, 2.45) is 0 Å². The smallest absolute Gasteiger partial charge is 0.151 e. The third-order valence-corrected chi connectivity index (χ3v) is 23.7. The van der Waals surface area contributed by atoms with Crippen LogP contribution in [0.5, 0.6) is 34.5 Å². The molecule has 0 saturated carbocycles. The molecule has 0 bridgehead atoms. The number of ether oxygens (including phenoxy) is 3. The number of rotatable bonds is 10. The van der Waals surface area contributed by atoms with Crippen LogP contribution in [0.25, 0.3) is 133 Å². The second-order valence-corrected chi connectivity index (χ2v) is 31.6. The molecule has 8 nitrogen and oxygen atoms in total. The Balaban J connectivity index is 0.000000138. The number of nitrogens with one attached hydrogen (secondary N) is 1. The van der Waals surface area contributed by atoms with Crippen LogP contribution in [0.15, 0.2) is 434 Å². The SMILES string of the molecule is Brc1cc(-c2ccc(-c3ccccc3)cc2)cc2nc3c(Br)cc(-c4ccc(-c5ccccc5)cc4)cc3cc12.c1ccc(-c2ccc(-c3cc(N4c5ccccc5Oc5ccccc54)c4nc5cc(-c6ccc(-c7ccccc7)cc6)cc(N6c7ccccc7Oc7ccccc76)c5cc4c3)cc2)cc1.c1ccc2c(c1)Nc1ccccc1O2. The Morgan fingerprint density at radius 2 is 0.467 bits per heavy atom. The Morgan fingerprint density at radius 3 is 0.875 bits per heavy atom. The number of anilines is 8. The predicted octanol–water partition coefficient (Wildman–Crippen LogP) is 32.3. The van der Waals surface area contributed by atoms with Crippen molar-refractivity contribution in [3.05, 3.63) is 434 Å². The topological polar surface area (TPSA) is 72.0 Å². The van der Waals surface area contributed by atoms with E-state index in [2.05, 4.69) is 362 Å². The van der Waals surface area contributed by atoms with Gasteiger partial charge in [-0.25, -0.2) is 9.97 Å². The highest BCUT2D eigenvalue weighted by atomic mass is 79.9. The zero-order chi connectivity index (χ0) is 80.0. The number of fused-ring (bicyclic) bond motifs is 10. The molecule has 3 aliphatic rings. The number of nitrogens with zero attached hydrogens (tertiary/aromatic N) is 4. The largest absolute Gasteiger partial charge is 0.453 e. The highest BCUT2D eigenvalue weighted by Crippen LogP contribution is 2.56. The summed E-state index contributed by atoms with van der Waals surface area (Å²) in [6.07, 6.45) is 0. The first kappa shape index (κ1) is 72.7. The van der Waals surface area contributed by atoms with Gasteiger partial charge >= 0.3 is 0 Å². The number of hydrogen-bond donors (Lipinski definition) is 1. The van der Waals surface area contributed by atoms with Crippen LogP contribution in [0, 0.1) is 0 Å². The summed E-state index contributed by atoms with van der Waals surface area (Å²) in [6.45, 7) is 0. The normalized spacial score (nSPS) is 12.0. The number of halogens is 2. The maximum atomic E-state index is 6.55. The standard InChI is InChI=1S/C61H39N3O2.C37H23Br2N.C12H9NO/c1-3-15-40(16-4-1)42-27-31-44(32-28-42)46-35-48-36-49-50(62-61(48)56(39-46)64-53-21-9-13-25-59(53)66-60-26-14-10-22-54(60)64)37-47(45-33-29-43(30-34-45)41-17-5-2-6-18-41)38-55(49)63-51-19-7-11-23-57(51)65-58-24-12-8-20-52(58)63;38-34-21-31(29-17-13-27(14-18-29)25-9-5-2-6-10-25)23-36-33(34)20-32-19-30(22-35(39)37(32)40-36)28-15-11-26(12-16-28)24-7-3-1-4-8-24;1-3-7-11-9(5-1)13-10-6-2-4-8-12(10)14-11/h1-39H;1-23H;1-8,13H. The minimum atomic E-state index is 0.788. The van der Waals surface area contributed by atoms with Crippen LogP contribution < -0.4 is 29.3 Å². The zero-order valence-electron chi connectivity index (χ0n) is 64.7. The molecule has 1 N–H and O–H groups in total. The molecule has 120 heavy (non-hydrogen) atoms. The average molecular weight is 1670 g/mol. The third kappa shape index (κ3) is 14.2. The summed E-state index contributed by atoms with van der Waals surface area (Å²) < 4.78 is 20.8. The summed E-state index contributed by atoms with van der Waals surface area (Å²) in [5, 5.41) is 7.55. The van der Waals surface area contributed by atoms with Gasteiger partial charge in [-0.1, -0.05) is 307 Å². The summed E-state index contributed by atoms with van der Waals surface area (Å²) in [5.41, 5.74) is 30.1. The lowest BCUT2D eigenvalue weighted by Crippen LogP contribution is -2.17. The molecule has 20 aromatic rings. The van der Waals surface area contributed by atoms with E-state index in [4.69, 9.17) is 24.2 Å². The lowest BCUT2D eigenvalue weighted by molar-refractivity contribution is 0.477. The molecule has 0 atom stereocenters. The van der Waals surface area contributed by atoms with Gasteiger partial charge in [-0.15, -0.1) is 0 Å². The molecular formula is C110H71Br2N5O3. The third-order valence-electron chi connectivity index (χ3n) is 22.4. The zero-order valence-corrected chi connectivity index (χ0v) is 67.9.